The molecule has 0 radical (unpaired) electrons. The number of β-amino-alcohol motifs (C(OH)–C–C–N with tert-alkyl or cyclic N) is 1. The van der Waals surface area contributed by atoms with E-state index in [0.717, 1.165) is 21.7 Å². The van der Waals surface area contributed by atoms with E-state index >= 15 is 0 Å². The van der Waals surface area contributed by atoms with Crippen LogP contribution in [0, 0.1) is 24.7 Å². The molecule has 1 saturated heterocycles. The van der Waals surface area contributed by atoms with Gasteiger partial charge in [0.1, 0.15) is 12.1 Å². The molecule has 2 heterocycles. The summed E-state index contributed by atoms with van der Waals surface area (Å²) in [6.45, 7) is 7.83. The minimum atomic E-state index is -0.855. The van der Waals surface area contributed by atoms with Gasteiger partial charge in [-0.3, -0.25) is 14.4 Å². The van der Waals surface area contributed by atoms with E-state index < -0.39 is 29.5 Å². The minimum Gasteiger partial charge on any atom is -0.391 e. The lowest BCUT2D eigenvalue weighted by Crippen LogP contribution is -2.57. The number of carbonyl (C=O) groups is 3. The SMILES string of the molecule is C#CCCC(=O)N[C@H](C(=O)N1C[C@@H](O)C[C@H]1C(=O)NCc1ccc(-c2scnc2C)cc1)C(C)(C)C. The smallest absolute Gasteiger partial charge is 0.246 e. The van der Waals surface area contributed by atoms with Crippen molar-refractivity contribution >= 4 is 29.1 Å². The van der Waals surface area contributed by atoms with Gasteiger partial charge in [0.2, 0.25) is 17.7 Å². The summed E-state index contributed by atoms with van der Waals surface area (Å²) >= 11 is 1.58. The molecule has 1 aliphatic rings. The number of benzene rings is 1. The van der Waals surface area contributed by atoms with Gasteiger partial charge in [-0.05, 0) is 23.5 Å². The second-order valence-electron chi connectivity index (χ2n) is 10.1. The molecule has 36 heavy (non-hydrogen) atoms. The normalized spacial score (nSPS) is 18.4. The molecule has 3 amide bonds. The van der Waals surface area contributed by atoms with E-state index in [4.69, 9.17) is 6.42 Å². The van der Waals surface area contributed by atoms with Crippen molar-refractivity contribution in [3.63, 3.8) is 0 Å². The van der Waals surface area contributed by atoms with Gasteiger partial charge in [0.15, 0.2) is 0 Å². The Hall–Kier alpha value is -3.22. The summed E-state index contributed by atoms with van der Waals surface area (Å²) in [5, 5.41) is 16.0. The lowest BCUT2D eigenvalue weighted by molar-refractivity contribution is -0.144. The number of thiazole rings is 1. The highest BCUT2D eigenvalue weighted by Gasteiger charge is 2.44. The summed E-state index contributed by atoms with van der Waals surface area (Å²) in [5.41, 5.74) is 4.17. The average molecular weight is 511 g/mol. The maximum atomic E-state index is 13.5. The number of aliphatic hydroxyl groups is 1. The molecule has 0 saturated carbocycles. The van der Waals surface area contributed by atoms with Crippen LogP contribution in [0.2, 0.25) is 0 Å². The molecule has 1 aliphatic heterocycles. The number of rotatable bonds is 8. The first-order valence-corrected chi connectivity index (χ1v) is 12.9. The van der Waals surface area contributed by atoms with Gasteiger partial charge in [-0.1, -0.05) is 45.0 Å². The van der Waals surface area contributed by atoms with Gasteiger partial charge < -0.3 is 20.6 Å². The standard InChI is InChI=1S/C27H34N4O4S/c1-6-7-8-22(33)30-24(27(3,4)5)26(35)31-15-20(32)13-21(31)25(34)28-14-18-9-11-19(12-10-18)23-17(2)29-16-36-23/h1,9-12,16,20-21,24,32H,7-8,13-15H2,2-5H3,(H,28,34)(H,30,33)/t20-,21-,24+/m0/s1. The number of hydrogen-bond donors (Lipinski definition) is 3. The minimum absolute atomic E-state index is 0.0343. The molecule has 3 rings (SSSR count). The number of terminal acetylenes is 1. The summed E-state index contributed by atoms with van der Waals surface area (Å²) in [6.07, 6.45) is 4.96. The lowest BCUT2D eigenvalue weighted by Gasteiger charge is -2.35. The van der Waals surface area contributed by atoms with Gasteiger partial charge in [-0.2, -0.15) is 0 Å². The van der Waals surface area contributed by atoms with Crippen LogP contribution in [-0.4, -0.2) is 57.4 Å². The Kier molecular flexibility index (Phi) is 8.88. The van der Waals surface area contributed by atoms with Gasteiger partial charge in [-0.15, -0.1) is 23.7 Å². The first-order chi connectivity index (χ1) is 17.0. The molecule has 1 aromatic carbocycles. The van der Waals surface area contributed by atoms with Crippen LogP contribution in [-0.2, 0) is 20.9 Å². The number of aliphatic hydroxyl groups excluding tert-OH is 1. The summed E-state index contributed by atoms with van der Waals surface area (Å²) in [6, 6.07) is 6.21. The Morgan fingerprint density at radius 1 is 1.28 bits per heavy atom. The molecular formula is C27H34N4O4S. The molecule has 9 heteroatoms. The molecule has 3 N–H and O–H groups in total. The zero-order valence-electron chi connectivity index (χ0n) is 21.2. The number of likely N-dealkylation sites (tertiary alicyclic amines) is 1. The van der Waals surface area contributed by atoms with Crippen molar-refractivity contribution < 1.29 is 19.5 Å². The quantitative estimate of drug-likeness (QED) is 0.473. The van der Waals surface area contributed by atoms with E-state index in [9.17, 15) is 19.5 Å². The van der Waals surface area contributed by atoms with Crippen molar-refractivity contribution in [2.45, 2.75) is 71.7 Å². The van der Waals surface area contributed by atoms with Crippen molar-refractivity contribution in [3.8, 4) is 22.8 Å². The molecule has 0 spiro atoms. The van der Waals surface area contributed by atoms with E-state index in [2.05, 4.69) is 21.5 Å². The van der Waals surface area contributed by atoms with E-state index in [-0.39, 0.29) is 37.6 Å². The van der Waals surface area contributed by atoms with Gasteiger partial charge in [0.05, 0.1) is 22.2 Å². The Morgan fingerprint density at radius 3 is 2.56 bits per heavy atom. The Bertz CT molecular complexity index is 1130. The third kappa shape index (κ3) is 6.71. The van der Waals surface area contributed by atoms with Crippen LogP contribution in [0.15, 0.2) is 29.8 Å². The third-order valence-corrected chi connectivity index (χ3v) is 7.19. The van der Waals surface area contributed by atoms with Gasteiger partial charge in [0.25, 0.3) is 0 Å². The number of aryl methyl sites for hydroxylation is 1. The molecule has 1 fully saturated rings. The molecule has 0 aliphatic carbocycles. The summed E-state index contributed by atoms with van der Waals surface area (Å²) < 4.78 is 0. The zero-order chi connectivity index (χ0) is 26.5. The van der Waals surface area contributed by atoms with Crippen molar-refractivity contribution in [1.82, 2.24) is 20.5 Å². The number of nitrogens with zero attached hydrogens (tertiary/aromatic N) is 2. The second kappa shape index (κ2) is 11.7. The molecule has 1 aromatic heterocycles. The largest absolute Gasteiger partial charge is 0.391 e. The highest BCUT2D eigenvalue weighted by molar-refractivity contribution is 7.13. The first kappa shape index (κ1) is 27.4. The summed E-state index contributed by atoms with van der Waals surface area (Å²) in [7, 11) is 0. The van der Waals surface area contributed by atoms with Crippen LogP contribution < -0.4 is 10.6 Å². The number of amides is 3. The monoisotopic (exact) mass is 510 g/mol. The topological polar surface area (TPSA) is 112 Å². The highest BCUT2D eigenvalue weighted by atomic mass is 32.1. The Labute approximate surface area is 216 Å². The molecular weight excluding hydrogens is 476 g/mol. The molecule has 8 nitrogen and oxygen atoms in total. The number of aromatic nitrogens is 1. The molecule has 0 unspecified atom stereocenters. The number of hydrogen-bond acceptors (Lipinski definition) is 6. The average Bonchev–Trinajstić information content (AvgIpc) is 3.44. The van der Waals surface area contributed by atoms with Crippen LogP contribution in [0.25, 0.3) is 10.4 Å². The Balaban J connectivity index is 1.67. The van der Waals surface area contributed by atoms with E-state index in [1.54, 1.807) is 11.3 Å². The van der Waals surface area contributed by atoms with Gasteiger partial charge in [0, 0.05) is 32.4 Å². The molecule has 2 aromatic rings. The molecule has 0 bridgehead atoms. The van der Waals surface area contributed by atoms with Crippen molar-refractivity contribution in [3.05, 3.63) is 41.0 Å². The molecule has 192 valence electrons. The maximum absolute atomic E-state index is 13.5. The predicted octanol–water partition coefficient (Wildman–Crippen LogP) is 2.64. The van der Waals surface area contributed by atoms with Crippen LogP contribution in [0.4, 0.5) is 0 Å². The zero-order valence-corrected chi connectivity index (χ0v) is 22.0. The first-order valence-electron chi connectivity index (χ1n) is 12.0. The van der Waals surface area contributed by atoms with Crippen molar-refractivity contribution in [1.29, 1.82) is 0 Å². The number of nitrogens with one attached hydrogen (secondary N) is 2. The van der Waals surface area contributed by atoms with Crippen LogP contribution in [0.5, 0.6) is 0 Å². The van der Waals surface area contributed by atoms with Crippen LogP contribution in [0.1, 0.15) is 51.3 Å². The fourth-order valence-electron chi connectivity index (χ4n) is 4.20. The molecule has 3 atom stereocenters. The Morgan fingerprint density at radius 2 is 1.97 bits per heavy atom. The summed E-state index contributed by atoms with van der Waals surface area (Å²) in [5.74, 6) is 1.37. The van der Waals surface area contributed by atoms with E-state index in [1.165, 1.54) is 4.90 Å². The van der Waals surface area contributed by atoms with Gasteiger partial charge in [-0.25, -0.2) is 4.98 Å². The predicted molar refractivity (Wildman–Crippen MR) is 140 cm³/mol. The van der Waals surface area contributed by atoms with Crippen molar-refractivity contribution in [2.24, 2.45) is 5.41 Å². The van der Waals surface area contributed by atoms with Crippen LogP contribution in [0.3, 0.4) is 0 Å². The third-order valence-electron chi connectivity index (χ3n) is 6.21. The van der Waals surface area contributed by atoms with E-state index in [1.807, 2.05) is 57.5 Å². The maximum Gasteiger partial charge on any atom is 0.246 e. The van der Waals surface area contributed by atoms with Crippen molar-refractivity contribution in [2.75, 3.05) is 6.54 Å². The van der Waals surface area contributed by atoms with Gasteiger partial charge >= 0.3 is 0 Å². The fraction of sp³-hybridized carbons (Fsp3) is 0.481. The fourth-order valence-corrected chi connectivity index (χ4v) is 5.01. The van der Waals surface area contributed by atoms with E-state index in [0.29, 0.717) is 6.54 Å². The van der Waals surface area contributed by atoms with Crippen LogP contribution >= 0.6 is 11.3 Å². The lowest BCUT2D eigenvalue weighted by atomic mass is 9.85. The number of carbonyl (C=O) groups excluding carboxylic acids is 3. The second-order valence-corrected chi connectivity index (χ2v) is 11.0. The summed E-state index contributed by atoms with van der Waals surface area (Å²) in [4.78, 5) is 45.7. The highest BCUT2D eigenvalue weighted by Crippen LogP contribution is 2.28.